The molecule has 3 aromatic rings. The number of carbonyl (C=O) groups excluding carboxylic acids is 2. The molecule has 1 aliphatic heterocycles. The van der Waals surface area contributed by atoms with Gasteiger partial charge >= 0.3 is 0 Å². The maximum atomic E-state index is 13.9. The highest BCUT2D eigenvalue weighted by Crippen LogP contribution is 2.37. The first-order valence-corrected chi connectivity index (χ1v) is 15.8. The highest BCUT2D eigenvalue weighted by Gasteiger charge is 2.28. The number of halogens is 1. The lowest BCUT2D eigenvalue weighted by molar-refractivity contribution is -0.117. The molecule has 42 heavy (non-hydrogen) atoms. The molecule has 3 aromatic carbocycles. The van der Waals surface area contributed by atoms with E-state index >= 15 is 0 Å². The SMILES string of the molecule is CCC(NCC(O)C(Cc1ccccc1)NC(=O)c1cc(C2CCCC2)cc(N2CCCC2=O)c1)c1cccc(Cl)c1. The van der Waals surface area contributed by atoms with Gasteiger partial charge in [-0.3, -0.25) is 9.59 Å². The summed E-state index contributed by atoms with van der Waals surface area (Å²) in [6, 6.07) is 23.1. The number of nitrogens with zero attached hydrogens (tertiary/aromatic N) is 1. The minimum atomic E-state index is -0.833. The number of amides is 2. The average Bonchev–Trinajstić information content (AvgIpc) is 3.70. The number of hydrogen-bond acceptors (Lipinski definition) is 4. The third kappa shape index (κ3) is 7.60. The highest BCUT2D eigenvalue weighted by atomic mass is 35.5. The molecule has 3 unspecified atom stereocenters. The summed E-state index contributed by atoms with van der Waals surface area (Å²) in [5, 5.41) is 18.8. The van der Waals surface area contributed by atoms with Crippen LogP contribution < -0.4 is 15.5 Å². The van der Waals surface area contributed by atoms with Crippen molar-refractivity contribution >= 4 is 29.1 Å². The topological polar surface area (TPSA) is 81.7 Å². The molecule has 2 fully saturated rings. The number of rotatable bonds is 12. The van der Waals surface area contributed by atoms with E-state index in [1.54, 1.807) is 0 Å². The molecule has 1 saturated heterocycles. The maximum Gasteiger partial charge on any atom is 0.251 e. The second-order valence-corrected chi connectivity index (χ2v) is 12.1. The number of hydrogen-bond donors (Lipinski definition) is 3. The Bertz CT molecular complexity index is 1360. The van der Waals surface area contributed by atoms with Crippen molar-refractivity contribution in [2.75, 3.05) is 18.0 Å². The molecule has 7 heteroatoms. The van der Waals surface area contributed by atoms with E-state index in [0.29, 0.717) is 42.4 Å². The van der Waals surface area contributed by atoms with Crippen molar-refractivity contribution in [1.82, 2.24) is 10.6 Å². The van der Waals surface area contributed by atoms with Gasteiger partial charge in [0.1, 0.15) is 0 Å². The number of aliphatic hydroxyl groups excluding tert-OH is 1. The zero-order valence-corrected chi connectivity index (χ0v) is 25.2. The molecular weight excluding hydrogens is 546 g/mol. The lowest BCUT2D eigenvalue weighted by atomic mass is 9.94. The minimum Gasteiger partial charge on any atom is -0.390 e. The van der Waals surface area contributed by atoms with Crippen molar-refractivity contribution in [3.63, 3.8) is 0 Å². The van der Waals surface area contributed by atoms with Crippen LogP contribution in [0.5, 0.6) is 0 Å². The van der Waals surface area contributed by atoms with E-state index in [1.165, 1.54) is 12.8 Å². The Hall–Kier alpha value is -3.19. The molecule has 3 atom stereocenters. The third-order valence-corrected chi connectivity index (χ3v) is 8.96. The molecule has 1 saturated carbocycles. The number of aliphatic hydroxyl groups is 1. The van der Waals surface area contributed by atoms with Crippen molar-refractivity contribution in [3.05, 3.63) is 100 Å². The van der Waals surface area contributed by atoms with Crippen molar-refractivity contribution in [1.29, 1.82) is 0 Å². The van der Waals surface area contributed by atoms with Gasteiger partial charge in [0.05, 0.1) is 12.1 Å². The van der Waals surface area contributed by atoms with E-state index in [-0.39, 0.29) is 17.9 Å². The smallest absolute Gasteiger partial charge is 0.251 e. The Morgan fingerprint density at radius 3 is 2.50 bits per heavy atom. The van der Waals surface area contributed by atoms with Crippen molar-refractivity contribution in [2.45, 2.75) is 82.4 Å². The van der Waals surface area contributed by atoms with Crippen LogP contribution in [0.15, 0.2) is 72.8 Å². The molecule has 2 amide bonds. The lowest BCUT2D eigenvalue weighted by Gasteiger charge is -2.27. The van der Waals surface area contributed by atoms with Crippen molar-refractivity contribution in [3.8, 4) is 0 Å². The first-order valence-electron chi connectivity index (χ1n) is 15.4. The van der Waals surface area contributed by atoms with E-state index in [2.05, 4.69) is 23.6 Å². The fourth-order valence-electron chi connectivity index (χ4n) is 6.37. The van der Waals surface area contributed by atoms with Crippen LogP contribution >= 0.6 is 11.6 Å². The number of anilines is 1. The van der Waals surface area contributed by atoms with Gasteiger partial charge in [-0.05, 0) is 85.0 Å². The molecule has 2 aliphatic rings. The molecule has 0 radical (unpaired) electrons. The van der Waals surface area contributed by atoms with Crippen LogP contribution in [-0.4, -0.2) is 42.2 Å². The molecule has 0 spiro atoms. The molecule has 5 rings (SSSR count). The summed E-state index contributed by atoms with van der Waals surface area (Å²) in [5.74, 6) is 0.282. The Kier molecular flexibility index (Phi) is 10.3. The minimum absolute atomic E-state index is 0.0232. The van der Waals surface area contributed by atoms with Crippen LogP contribution in [0.25, 0.3) is 0 Å². The zero-order chi connectivity index (χ0) is 29.5. The van der Waals surface area contributed by atoms with Gasteiger partial charge in [0.2, 0.25) is 5.91 Å². The molecule has 1 heterocycles. The Labute approximate surface area is 254 Å². The number of nitrogens with one attached hydrogen (secondary N) is 2. The van der Waals surface area contributed by atoms with Crippen LogP contribution in [0.4, 0.5) is 5.69 Å². The normalized spacial score (nSPS) is 17.8. The second kappa shape index (κ2) is 14.3. The monoisotopic (exact) mass is 587 g/mol. The average molecular weight is 588 g/mol. The fraction of sp³-hybridized carbons (Fsp3) is 0.429. The van der Waals surface area contributed by atoms with Gasteiger partial charge < -0.3 is 20.6 Å². The summed E-state index contributed by atoms with van der Waals surface area (Å²) in [7, 11) is 0. The van der Waals surface area contributed by atoms with E-state index in [1.807, 2.05) is 71.6 Å². The van der Waals surface area contributed by atoms with Crippen LogP contribution in [0, 0.1) is 0 Å². The van der Waals surface area contributed by atoms with Gasteiger partial charge in [0.25, 0.3) is 5.91 Å². The third-order valence-electron chi connectivity index (χ3n) is 8.73. The fourth-order valence-corrected chi connectivity index (χ4v) is 6.57. The molecular formula is C35H42ClN3O3. The summed E-state index contributed by atoms with van der Waals surface area (Å²) in [5.41, 5.74) is 4.57. The summed E-state index contributed by atoms with van der Waals surface area (Å²) < 4.78 is 0. The van der Waals surface area contributed by atoms with E-state index in [9.17, 15) is 14.7 Å². The van der Waals surface area contributed by atoms with Crippen LogP contribution in [0.2, 0.25) is 5.02 Å². The quantitative estimate of drug-likeness (QED) is 0.224. The summed E-state index contributed by atoms with van der Waals surface area (Å²) >= 11 is 6.23. The van der Waals surface area contributed by atoms with Crippen LogP contribution in [0.1, 0.15) is 90.9 Å². The predicted octanol–water partition coefficient (Wildman–Crippen LogP) is 6.57. The number of benzene rings is 3. The van der Waals surface area contributed by atoms with Gasteiger partial charge in [-0.25, -0.2) is 0 Å². The zero-order valence-electron chi connectivity index (χ0n) is 24.4. The summed E-state index contributed by atoms with van der Waals surface area (Å²) in [6.07, 6.45) is 6.44. The summed E-state index contributed by atoms with van der Waals surface area (Å²) in [4.78, 5) is 28.3. The molecule has 6 nitrogen and oxygen atoms in total. The first-order chi connectivity index (χ1) is 20.4. The Morgan fingerprint density at radius 1 is 1.02 bits per heavy atom. The molecule has 1 aliphatic carbocycles. The Morgan fingerprint density at radius 2 is 1.81 bits per heavy atom. The molecule has 3 N–H and O–H groups in total. The van der Waals surface area contributed by atoms with Gasteiger partial charge in [-0.2, -0.15) is 0 Å². The Balaban J connectivity index is 1.36. The highest BCUT2D eigenvalue weighted by molar-refractivity contribution is 6.30. The van der Waals surface area contributed by atoms with Crippen LogP contribution in [-0.2, 0) is 11.2 Å². The van der Waals surface area contributed by atoms with E-state index < -0.39 is 12.1 Å². The van der Waals surface area contributed by atoms with Gasteiger partial charge in [-0.15, -0.1) is 0 Å². The largest absolute Gasteiger partial charge is 0.390 e. The first kappa shape index (κ1) is 30.3. The van der Waals surface area contributed by atoms with Gasteiger partial charge in [0.15, 0.2) is 0 Å². The molecule has 0 aromatic heterocycles. The lowest BCUT2D eigenvalue weighted by Crippen LogP contribution is -2.49. The maximum absolute atomic E-state index is 13.9. The van der Waals surface area contributed by atoms with E-state index in [4.69, 9.17) is 11.6 Å². The van der Waals surface area contributed by atoms with Gasteiger partial charge in [-0.1, -0.05) is 73.8 Å². The number of carbonyl (C=O) groups is 2. The second-order valence-electron chi connectivity index (χ2n) is 11.7. The standard InChI is InChI=1S/C35H42ClN3O3/c1-2-31(26-14-8-15-29(36)20-26)37-23-33(40)32(18-24-10-4-3-5-11-24)38-35(42)28-19-27(25-12-6-7-13-25)21-30(22-28)39-17-9-16-34(39)41/h3-5,8,10-11,14-15,19-22,25,31-33,37,40H,2,6-7,9,12-13,16-18,23H2,1H3,(H,38,42). The molecule has 222 valence electrons. The molecule has 0 bridgehead atoms. The van der Waals surface area contributed by atoms with Crippen molar-refractivity contribution < 1.29 is 14.7 Å². The van der Waals surface area contributed by atoms with E-state index in [0.717, 1.165) is 48.1 Å². The summed E-state index contributed by atoms with van der Waals surface area (Å²) in [6.45, 7) is 3.08. The predicted molar refractivity (Wildman–Crippen MR) is 169 cm³/mol. The van der Waals surface area contributed by atoms with Crippen molar-refractivity contribution in [2.24, 2.45) is 0 Å². The van der Waals surface area contributed by atoms with Crippen LogP contribution in [0.3, 0.4) is 0 Å². The van der Waals surface area contributed by atoms with Gasteiger partial charge in [0, 0.05) is 41.8 Å².